The molecule has 0 radical (unpaired) electrons. The van der Waals surface area contributed by atoms with Crippen molar-refractivity contribution in [3.63, 3.8) is 0 Å². The molecule has 2 amide bonds. The van der Waals surface area contributed by atoms with Gasteiger partial charge in [0.2, 0.25) is 11.8 Å². The number of amides is 2. The van der Waals surface area contributed by atoms with Gasteiger partial charge in [-0.25, -0.2) is 4.98 Å². The molecular formula is C16H17N3O2S2. The van der Waals surface area contributed by atoms with Crippen molar-refractivity contribution in [1.29, 1.82) is 0 Å². The minimum Gasteiger partial charge on any atom is -0.369 e. The molecule has 1 aromatic carbocycles. The number of primary amides is 1. The van der Waals surface area contributed by atoms with Crippen molar-refractivity contribution in [2.24, 2.45) is 5.73 Å². The monoisotopic (exact) mass is 347 g/mol. The lowest BCUT2D eigenvalue weighted by atomic mass is 10.1. The fourth-order valence-corrected chi connectivity index (χ4v) is 3.71. The normalized spacial score (nSPS) is 11.3. The Labute approximate surface area is 143 Å². The third-order valence-electron chi connectivity index (χ3n) is 2.91. The quantitative estimate of drug-likeness (QED) is 0.621. The van der Waals surface area contributed by atoms with Gasteiger partial charge in [0.25, 0.3) is 0 Å². The Morgan fingerprint density at radius 2 is 2.04 bits per heavy atom. The second-order valence-corrected chi connectivity index (χ2v) is 7.07. The van der Waals surface area contributed by atoms with Crippen LogP contribution in [0.2, 0.25) is 0 Å². The number of thioether (sulfide) groups is 1. The fourth-order valence-electron chi connectivity index (χ4n) is 1.83. The molecule has 5 nitrogen and oxygen atoms in total. The average molecular weight is 347 g/mol. The predicted molar refractivity (Wildman–Crippen MR) is 95.5 cm³/mol. The van der Waals surface area contributed by atoms with E-state index in [0.717, 1.165) is 21.0 Å². The Morgan fingerprint density at radius 3 is 2.70 bits per heavy atom. The van der Waals surface area contributed by atoms with E-state index in [2.05, 4.69) is 10.3 Å². The van der Waals surface area contributed by atoms with Crippen LogP contribution in [-0.2, 0) is 9.59 Å². The fraction of sp³-hybridized carbons (Fsp3) is 0.188. The van der Waals surface area contributed by atoms with E-state index in [0.29, 0.717) is 5.13 Å². The molecule has 1 aromatic heterocycles. The number of nitrogens with one attached hydrogen (secondary N) is 1. The summed E-state index contributed by atoms with van der Waals surface area (Å²) >= 11 is 2.66. The number of carbonyl (C=O) groups excluding carboxylic acids is 2. The minimum absolute atomic E-state index is 0.198. The van der Waals surface area contributed by atoms with Gasteiger partial charge in [-0.05, 0) is 25.0 Å². The SMILES string of the molecule is C/C(=C/C(=O)Nc1nc(C)c(SCC(N)=O)s1)c1ccccc1. The summed E-state index contributed by atoms with van der Waals surface area (Å²) in [7, 11) is 0. The van der Waals surface area contributed by atoms with Crippen LogP contribution in [0.4, 0.5) is 5.13 Å². The number of thiazole rings is 1. The van der Waals surface area contributed by atoms with Crippen molar-refractivity contribution in [2.45, 2.75) is 18.1 Å². The molecule has 0 aliphatic carbocycles. The lowest BCUT2D eigenvalue weighted by Crippen LogP contribution is -2.12. The maximum atomic E-state index is 12.1. The summed E-state index contributed by atoms with van der Waals surface area (Å²) in [4.78, 5) is 27.2. The molecule has 0 saturated heterocycles. The van der Waals surface area contributed by atoms with Gasteiger partial charge in [-0.15, -0.1) is 11.8 Å². The highest BCUT2D eigenvalue weighted by Gasteiger charge is 2.11. The minimum atomic E-state index is -0.380. The topological polar surface area (TPSA) is 85.1 Å². The zero-order valence-electron chi connectivity index (χ0n) is 12.8. The van der Waals surface area contributed by atoms with E-state index in [4.69, 9.17) is 5.73 Å². The summed E-state index contributed by atoms with van der Waals surface area (Å²) in [5.41, 5.74) is 7.78. The third-order valence-corrected chi connectivity index (χ3v) is 5.36. The maximum Gasteiger partial charge on any atom is 0.250 e. The van der Waals surface area contributed by atoms with Crippen molar-refractivity contribution >= 4 is 45.6 Å². The van der Waals surface area contributed by atoms with E-state index in [1.165, 1.54) is 23.1 Å². The number of anilines is 1. The lowest BCUT2D eigenvalue weighted by molar-refractivity contribution is -0.115. The number of aryl methyl sites for hydroxylation is 1. The van der Waals surface area contributed by atoms with Crippen molar-refractivity contribution < 1.29 is 9.59 Å². The summed E-state index contributed by atoms with van der Waals surface area (Å²) in [6.07, 6.45) is 1.54. The predicted octanol–water partition coefficient (Wildman–Crippen LogP) is 3.07. The van der Waals surface area contributed by atoms with Crippen molar-refractivity contribution in [3.8, 4) is 0 Å². The number of allylic oxidation sites excluding steroid dienone is 1. The van der Waals surface area contributed by atoms with Gasteiger partial charge in [0.15, 0.2) is 5.13 Å². The van der Waals surface area contributed by atoms with Crippen LogP contribution >= 0.6 is 23.1 Å². The molecule has 7 heteroatoms. The van der Waals surface area contributed by atoms with Crippen LogP contribution < -0.4 is 11.1 Å². The van der Waals surface area contributed by atoms with Crippen molar-refractivity contribution in [2.75, 3.05) is 11.1 Å². The smallest absolute Gasteiger partial charge is 0.250 e. The molecule has 0 saturated carbocycles. The van der Waals surface area contributed by atoms with Gasteiger partial charge in [0.1, 0.15) is 0 Å². The Hall–Kier alpha value is -2.12. The molecule has 1 heterocycles. The van der Waals surface area contributed by atoms with E-state index in [1.807, 2.05) is 44.2 Å². The molecule has 120 valence electrons. The molecule has 0 atom stereocenters. The average Bonchev–Trinajstić information content (AvgIpc) is 2.85. The largest absolute Gasteiger partial charge is 0.369 e. The Balaban J connectivity index is 2.03. The van der Waals surface area contributed by atoms with E-state index >= 15 is 0 Å². The third kappa shape index (κ3) is 5.22. The van der Waals surface area contributed by atoms with Crippen molar-refractivity contribution in [1.82, 2.24) is 4.98 Å². The Morgan fingerprint density at radius 1 is 1.35 bits per heavy atom. The molecule has 23 heavy (non-hydrogen) atoms. The van der Waals surface area contributed by atoms with Crippen molar-refractivity contribution in [3.05, 3.63) is 47.7 Å². The van der Waals surface area contributed by atoms with Crippen LogP contribution in [0.25, 0.3) is 5.57 Å². The summed E-state index contributed by atoms with van der Waals surface area (Å²) < 4.78 is 0.878. The Bertz CT molecular complexity index is 739. The van der Waals surface area contributed by atoms with Crippen LogP contribution in [0.1, 0.15) is 18.2 Å². The van der Waals surface area contributed by atoms with Crippen LogP contribution in [0.5, 0.6) is 0 Å². The standard InChI is InChI=1S/C16H17N3O2S2/c1-10(12-6-4-3-5-7-12)8-14(21)19-16-18-11(2)15(23-16)22-9-13(17)20/h3-8H,9H2,1-2H3,(H2,17,20)(H,18,19,21)/b10-8-. The van der Waals surface area contributed by atoms with E-state index in [-0.39, 0.29) is 17.6 Å². The van der Waals surface area contributed by atoms with Gasteiger partial charge < -0.3 is 5.73 Å². The van der Waals surface area contributed by atoms with E-state index < -0.39 is 0 Å². The maximum absolute atomic E-state index is 12.1. The van der Waals surface area contributed by atoms with Gasteiger partial charge in [-0.1, -0.05) is 41.7 Å². The first-order valence-corrected chi connectivity index (χ1v) is 8.69. The first-order valence-electron chi connectivity index (χ1n) is 6.89. The molecule has 0 spiro atoms. The molecule has 0 fully saturated rings. The number of rotatable bonds is 6. The zero-order valence-corrected chi connectivity index (χ0v) is 14.5. The van der Waals surface area contributed by atoms with Crippen LogP contribution in [0, 0.1) is 6.92 Å². The highest BCUT2D eigenvalue weighted by Crippen LogP contribution is 2.31. The summed E-state index contributed by atoms with van der Waals surface area (Å²) in [5, 5.41) is 3.26. The zero-order chi connectivity index (χ0) is 16.8. The highest BCUT2D eigenvalue weighted by atomic mass is 32.2. The van der Waals surface area contributed by atoms with Gasteiger partial charge >= 0.3 is 0 Å². The number of hydrogen-bond donors (Lipinski definition) is 2. The molecule has 0 bridgehead atoms. The highest BCUT2D eigenvalue weighted by molar-refractivity contribution is 8.01. The number of nitrogens with zero attached hydrogens (tertiary/aromatic N) is 1. The Kier molecular flexibility index (Phi) is 5.95. The lowest BCUT2D eigenvalue weighted by Gasteiger charge is -2.01. The molecule has 2 aromatic rings. The molecule has 0 aliphatic rings. The summed E-state index contributed by atoms with van der Waals surface area (Å²) in [6, 6.07) is 9.69. The summed E-state index contributed by atoms with van der Waals surface area (Å²) in [6.45, 7) is 3.72. The first kappa shape index (κ1) is 17.2. The number of hydrogen-bond acceptors (Lipinski definition) is 5. The number of nitrogens with two attached hydrogens (primary N) is 1. The van der Waals surface area contributed by atoms with Gasteiger partial charge in [-0.3, -0.25) is 14.9 Å². The number of benzene rings is 1. The van der Waals surface area contributed by atoms with Gasteiger partial charge in [0.05, 0.1) is 15.7 Å². The molecule has 3 N–H and O–H groups in total. The number of carbonyl (C=O) groups is 2. The van der Waals surface area contributed by atoms with E-state index in [1.54, 1.807) is 6.08 Å². The van der Waals surface area contributed by atoms with Gasteiger partial charge in [-0.2, -0.15) is 0 Å². The summed E-state index contributed by atoms with van der Waals surface area (Å²) in [5.74, 6) is -0.412. The first-order chi connectivity index (χ1) is 11.0. The molecule has 2 rings (SSSR count). The molecule has 0 unspecified atom stereocenters. The van der Waals surface area contributed by atoms with Crippen LogP contribution in [-0.4, -0.2) is 22.6 Å². The second-order valence-electron chi connectivity index (χ2n) is 4.83. The van der Waals surface area contributed by atoms with Crippen LogP contribution in [0.15, 0.2) is 40.6 Å². The van der Waals surface area contributed by atoms with Gasteiger partial charge in [0, 0.05) is 6.08 Å². The number of aromatic nitrogens is 1. The second kappa shape index (κ2) is 7.94. The van der Waals surface area contributed by atoms with Crippen LogP contribution in [0.3, 0.4) is 0 Å². The molecule has 0 aliphatic heterocycles. The molecular weight excluding hydrogens is 330 g/mol. The van der Waals surface area contributed by atoms with E-state index in [9.17, 15) is 9.59 Å².